The second kappa shape index (κ2) is 4.13. The molecule has 0 aliphatic rings. The molecule has 76 valence electrons. The maximum absolute atomic E-state index is 5.35. The number of hydrogen-bond donors (Lipinski definition) is 0. The van der Waals surface area contributed by atoms with Crippen LogP contribution in [0.1, 0.15) is 11.3 Å². The van der Waals surface area contributed by atoms with E-state index >= 15 is 0 Å². The number of aryl methyl sites for hydroxylation is 1. The minimum atomic E-state index is 0.679. The maximum atomic E-state index is 5.35. The molecule has 0 N–H and O–H groups in total. The molecule has 0 radical (unpaired) electrons. The van der Waals surface area contributed by atoms with Crippen LogP contribution in [0.4, 0.5) is 0 Å². The van der Waals surface area contributed by atoms with Crippen molar-refractivity contribution in [3.05, 3.63) is 54.4 Å². The van der Waals surface area contributed by atoms with E-state index in [-0.39, 0.29) is 0 Å². The van der Waals surface area contributed by atoms with Crippen LogP contribution >= 0.6 is 0 Å². The first kappa shape index (κ1) is 9.71. The van der Waals surface area contributed by atoms with Crippen LogP contribution in [0.3, 0.4) is 0 Å². The Kier molecular flexibility index (Phi) is 2.68. The van der Waals surface area contributed by atoms with E-state index < -0.39 is 0 Å². The van der Waals surface area contributed by atoms with E-state index in [4.69, 9.17) is 4.42 Å². The molecular weight excluding hydrogens is 186 g/mol. The minimum Gasteiger partial charge on any atom is -0.444 e. The van der Waals surface area contributed by atoms with Gasteiger partial charge in [0, 0.05) is 5.56 Å². The summed E-state index contributed by atoms with van der Waals surface area (Å²) in [6.45, 7) is 5.64. The monoisotopic (exact) mass is 199 g/mol. The SMILES string of the molecule is C=CCc1cccc(-c2nc(C)co2)c1. The predicted octanol–water partition coefficient (Wildman–Crippen LogP) is 3.38. The highest BCUT2D eigenvalue weighted by atomic mass is 16.3. The van der Waals surface area contributed by atoms with E-state index in [1.807, 2.05) is 25.1 Å². The van der Waals surface area contributed by atoms with Crippen molar-refractivity contribution >= 4 is 0 Å². The normalized spacial score (nSPS) is 10.2. The standard InChI is InChI=1S/C13H13NO/c1-3-5-11-6-4-7-12(8-11)13-14-10(2)9-15-13/h3-4,6-9H,1,5H2,2H3. The first-order valence-corrected chi connectivity index (χ1v) is 4.92. The summed E-state index contributed by atoms with van der Waals surface area (Å²) in [7, 11) is 0. The van der Waals surface area contributed by atoms with Gasteiger partial charge in [-0.1, -0.05) is 18.2 Å². The molecule has 0 amide bonds. The lowest BCUT2D eigenvalue weighted by Crippen LogP contribution is -1.83. The highest BCUT2D eigenvalue weighted by molar-refractivity contribution is 5.54. The van der Waals surface area contributed by atoms with Crippen molar-refractivity contribution in [1.82, 2.24) is 4.98 Å². The average molecular weight is 199 g/mol. The summed E-state index contributed by atoms with van der Waals surface area (Å²) in [4.78, 5) is 4.29. The number of allylic oxidation sites excluding steroid dienone is 1. The largest absolute Gasteiger partial charge is 0.444 e. The minimum absolute atomic E-state index is 0.679. The molecule has 0 aliphatic carbocycles. The topological polar surface area (TPSA) is 26.0 Å². The van der Waals surface area contributed by atoms with Gasteiger partial charge in [-0.2, -0.15) is 0 Å². The van der Waals surface area contributed by atoms with Crippen molar-refractivity contribution < 1.29 is 4.42 Å². The molecule has 2 aromatic rings. The molecule has 2 heteroatoms. The quantitative estimate of drug-likeness (QED) is 0.708. The fraction of sp³-hybridized carbons (Fsp3) is 0.154. The third-order valence-corrected chi connectivity index (χ3v) is 2.17. The molecule has 2 nitrogen and oxygen atoms in total. The number of rotatable bonds is 3. The molecular formula is C13H13NO. The summed E-state index contributed by atoms with van der Waals surface area (Å²) in [5.74, 6) is 0.679. The molecule has 1 aromatic heterocycles. The van der Waals surface area contributed by atoms with Gasteiger partial charge in [0.15, 0.2) is 0 Å². The van der Waals surface area contributed by atoms with Gasteiger partial charge >= 0.3 is 0 Å². The molecule has 0 spiro atoms. The lowest BCUT2D eigenvalue weighted by Gasteiger charge is -1.99. The van der Waals surface area contributed by atoms with Gasteiger partial charge in [-0.3, -0.25) is 0 Å². The molecule has 1 aromatic carbocycles. The summed E-state index contributed by atoms with van der Waals surface area (Å²) < 4.78 is 5.35. The fourth-order valence-corrected chi connectivity index (χ4v) is 1.48. The molecule has 1 heterocycles. The van der Waals surface area contributed by atoms with E-state index in [2.05, 4.69) is 23.7 Å². The van der Waals surface area contributed by atoms with Crippen molar-refractivity contribution in [2.24, 2.45) is 0 Å². The second-order valence-corrected chi connectivity index (χ2v) is 3.49. The first-order chi connectivity index (χ1) is 7.29. The van der Waals surface area contributed by atoms with Crippen molar-refractivity contribution in [2.45, 2.75) is 13.3 Å². The van der Waals surface area contributed by atoms with Crippen LogP contribution < -0.4 is 0 Å². The van der Waals surface area contributed by atoms with Crippen molar-refractivity contribution in [2.75, 3.05) is 0 Å². The number of aromatic nitrogens is 1. The molecule has 0 saturated carbocycles. The summed E-state index contributed by atoms with van der Waals surface area (Å²) in [5.41, 5.74) is 3.14. The Bertz CT molecular complexity index is 471. The van der Waals surface area contributed by atoms with Crippen LogP contribution in [0.2, 0.25) is 0 Å². The van der Waals surface area contributed by atoms with Crippen LogP contribution in [-0.2, 0) is 6.42 Å². The van der Waals surface area contributed by atoms with Crippen molar-refractivity contribution in [1.29, 1.82) is 0 Å². The first-order valence-electron chi connectivity index (χ1n) is 4.92. The zero-order valence-electron chi connectivity index (χ0n) is 8.73. The Morgan fingerprint density at radius 1 is 1.47 bits per heavy atom. The van der Waals surface area contributed by atoms with Crippen molar-refractivity contribution in [3.63, 3.8) is 0 Å². The average Bonchev–Trinajstić information content (AvgIpc) is 2.66. The summed E-state index contributed by atoms with van der Waals surface area (Å²) in [5, 5.41) is 0. The molecule has 0 fully saturated rings. The van der Waals surface area contributed by atoms with Gasteiger partial charge in [0.1, 0.15) is 6.26 Å². The van der Waals surface area contributed by atoms with Crippen LogP contribution in [0.25, 0.3) is 11.5 Å². The van der Waals surface area contributed by atoms with Crippen LogP contribution in [-0.4, -0.2) is 4.98 Å². The summed E-state index contributed by atoms with van der Waals surface area (Å²) in [6, 6.07) is 8.15. The van der Waals surface area contributed by atoms with Gasteiger partial charge in [-0.15, -0.1) is 6.58 Å². The second-order valence-electron chi connectivity index (χ2n) is 3.49. The van der Waals surface area contributed by atoms with Crippen LogP contribution in [0, 0.1) is 6.92 Å². The molecule has 15 heavy (non-hydrogen) atoms. The van der Waals surface area contributed by atoms with Crippen molar-refractivity contribution in [3.8, 4) is 11.5 Å². The fourth-order valence-electron chi connectivity index (χ4n) is 1.48. The molecule has 0 unspecified atom stereocenters. The molecule has 0 aliphatic heterocycles. The highest BCUT2D eigenvalue weighted by Gasteiger charge is 2.04. The zero-order chi connectivity index (χ0) is 10.7. The third-order valence-electron chi connectivity index (χ3n) is 2.17. The van der Waals surface area contributed by atoms with Crippen LogP contribution in [0.15, 0.2) is 47.6 Å². The van der Waals surface area contributed by atoms with E-state index in [0.29, 0.717) is 5.89 Å². The molecule has 2 rings (SSSR count). The van der Waals surface area contributed by atoms with Gasteiger partial charge in [0.25, 0.3) is 0 Å². The molecule has 0 bridgehead atoms. The Morgan fingerprint density at radius 2 is 2.33 bits per heavy atom. The number of benzene rings is 1. The van der Waals surface area contributed by atoms with Gasteiger partial charge in [0.05, 0.1) is 5.69 Å². The van der Waals surface area contributed by atoms with Gasteiger partial charge in [-0.05, 0) is 31.0 Å². The smallest absolute Gasteiger partial charge is 0.226 e. The van der Waals surface area contributed by atoms with E-state index in [1.165, 1.54) is 5.56 Å². The molecule has 0 saturated heterocycles. The third kappa shape index (κ3) is 2.15. The summed E-state index contributed by atoms with van der Waals surface area (Å²) in [6.07, 6.45) is 4.42. The maximum Gasteiger partial charge on any atom is 0.226 e. The number of nitrogens with zero attached hydrogens (tertiary/aromatic N) is 1. The Labute approximate surface area is 89.3 Å². The zero-order valence-corrected chi connectivity index (χ0v) is 8.73. The molecule has 0 atom stereocenters. The predicted molar refractivity (Wildman–Crippen MR) is 60.6 cm³/mol. The number of hydrogen-bond acceptors (Lipinski definition) is 2. The number of oxazole rings is 1. The summed E-state index contributed by atoms with van der Waals surface area (Å²) >= 11 is 0. The Morgan fingerprint density at radius 3 is 3.00 bits per heavy atom. The lowest BCUT2D eigenvalue weighted by molar-refractivity contribution is 0.573. The van der Waals surface area contributed by atoms with Crippen LogP contribution in [0.5, 0.6) is 0 Å². The highest BCUT2D eigenvalue weighted by Crippen LogP contribution is 2.19. The van der Waals surface area contributed by atoms with E-state index in [1.54, 1.807) is 6.26 Å². The van der Waals surface area contributed by atoms with Gasteiger partial charge < -0.3 is 4.42 Å². The van der Waals surface area contributed by atoms with Gasteiger partial charge in [0.2, 0.25) is 5.89 Å². The van der Waals surface area contributed by atoms with E-state index in [0.717, 1.165) is 17.7 Å². The Hall–Kier alpha value is -1.83. The lowest BCUT2D eigenvalue weighted by atomic mass is 10.1. The van der Waals surface area contributed by atoms with E-state index in [9.17, 15) is 0 Å². The van der Waals surface area contributed by atoms with Gasteiger partial charge in [-0.25, -0.2) is 4.98 Å². The Balaban J connectivity index is 2.36.